The lowest BCUT2D eigenvalue weighted by molar-refractivity contribution is -0.137. The van der Waals surface area contributed by atoms with Crippen molar-refractivity contribution in [1.82, 2.24) is 5.32 Å². The van der Waals surface area contributed by atoms with Gasteiger partial charge in [0.15, 0.2) is 6.61 Å². The third-order valence-electron chi connectivity index (χ3n) is 3.74. The number of carbonyl (C=O) groups is 2. The molecule has 148 valence electrons. The van der Waals surface area contributed by atoms with Crippen molar-refractivity contribution in [3.8, 4) is 0 Å². The molecule has 0 saturated carbocycles. The molecule has 0 amide bonds. The highest BCUT2D eigenvalue weighted by molar-refractivity contribution is 6.19. The summed E-state index contributed by atoms with van der Waals surface area (Å²) in [5.41, 5.74) is 4.83. The number of nitrogens with one attached hydrogen (secondary N) is 2. The molecule has 1 aromatic carbocycles. The van der Waals surface area contributed by atoms with Crippen LogP contribution < -0.4 is 11.1 Å². The standard InChI is InChI=1S/C19H25F2N3O3/c1-4-14(22)17(18(23)24-9-8-11(2)3)19(26)27-10-15(25)16-12(20)6-5-7-13(16)21/h5-7,11,22,24H,4,8-10,23H2,1-3H3/b18-17+,22-14?. The zero-order valence-electron chi connectivity index (χ0n) is 15.7. The van der Waals surface area contributed by atoms with Crippen molar-refractivity contribution in [3.63, 3.8) is 0 Å². The summed E-state index contributed by atoms with van der Waals surface area (Å²) in [5.74, 6) is -3.71. The van der Waals surface area contributed by atoms with Crippen molar-refractivity contribution in [3.05, 3.63) is 46.8 Å². The van der Waals surface area contributed by atoms with Gasteiger partial charge in [-0.05, 0) is 30.9 Å². The van der Waals surface area contributed by atoms with Gasteiger partial charge in [0.1, 0.15) is 23.0 Å². The van der Waals surface area contributed by atoms with E-state index >= 15 is 0 Å². The van der Waals surface area contributed by atoms with Gasteiger partial charge in [0.05, 0.1) is 5.56 Å². The molecule has 0 aliphatic rings. The lowest BCUT2D eigenvalue weighted by atomic mass is 10.1. The van der Waals surface area contributed by atoms with Crippen LogP contribution in [0.4, 0.5) is 8.78 Å². The molecular formula is C19H25F2N3O3. The highest BCUT2D eigenvalue weighted by Crippen LogP contribution is 2.14. The Kier molecular flexibility index (Phi) is 8.58. The largest absolute Gasteiger partial charge is 0.454 e. The van der Waals surface area contributed by atoms with Gasteiger partial charge in [0.2, 0.25) is 5.78 Å². The van der Waals surface area contributed by atoms with E-state index in [0.29, 0.717) is 12.5 Å². The number of ketones is 1. The van der Waals surface area contributed by atoms with Crippen LogP contribution in [0.1, 0.15) is 44.0 Å². The number of Topliss-reactive ketones (excluding diaryl/α,β-unsaturated/α-hetero) is 1. The average Bonchev–Trinajstić information content (AvgIpc) is 2.59. The van der Waals surface area contributed by atoms with Gasteiger partial charge in [-0.25, -0.2) is 13.6 Å². The average molecular weight is 381 g/mol. The maximum absolute atomic E-state index is 13.6. The molecule has 0 radical (unpaired) electrons. The summed E-state index contributed by atoms with van der Waals surface area (Å²) in [6.45, 7) is 5.35. The highest BCUT2D eigenvalue weighted by Gasteiger charge is 2.23. The van der Waals surface area contributed by atoms with Gasteiger partial charge in [0.25, 0.3) is 0 Å². The fraction of sp³-hybridized carbons (Fsp3) is 0.421. The van der Waals surface area contributed by atoms with Crippen LogP contribution in [0.25, 0.3) is 0 Å². The third-order valence-corrected chi connectivity index (χ3v) is 3.74. The number of nitrogens with two attached hydrogens (primary N) is 1. The van der Waals surface area contributed by atoms with Crippen LogP contribution in [0.3, 0.4) is 0 Å². The minimum atomic E-state index is -1.04. The van der Waals surface area contributed by atoms with Crippen molar-refractivity contribution < 1.29 is 23.1 Å². The summed E-state index contributed by atoms with van der Waals surface area (Å²) in [7, 11) is 0. The first-order chi connectivity index (χ1) is 12.7. The van der Waals surface area contributed by atoms with Crippen LogP contribution in [-0.2, 0) is 9.53 Å². The molecule has 0 aliphatic carbocycles. The van der Waals surface area contributed by atoms with E-state index in [-0.39, 0.29) is 23.5 Å². The van der Waals surface area contributed by atoms with E-state index in [1.807, 2.05) is 13.8 Å². The molecule has 1 aromatic rings. The van der Waals surface area contributed by atoms with Gasteiger partial charge in [-0.3, -0.25) is 4.79 Å². The maximum Gasteiger partial charge on any atom is 0.344 e. The summed E-state index contributed by atoms with van der Waals surface area (Å²) in [6, 6.07) is 3.00. The van der Waals surface area contributed by atoms with E-state index in [1.165, 1.54) is 0 Å². The number of benzene rings is 1. The fourth-order valence-corrected chi connectivity index (χ4v) is 2.20. The minimum absolute atomic E-state index is 0.0305. The molecule has 0 aliphatic heterocycles. The van der Waals surface area contributed by atoms with Gasteiger partial charge in [-0.1, -0.05) is 26.8 Å². The molecule has 0 heterocycles. The molecule has 6 nitrogen and oxygen atoms in total. The van der Waals surface area contributed by atoms with E-state index in [0.717, 1.165) is 24.6 Å². The zero-order chi connectivity index (χ0) is 20.6. The Morgan fingerprint density at radius 2 is 1.85 bits per heavy atom. The van der Waals surface area contributed by atoms with Crippen LogP contribution in [0, 0.1) is 23.0 Å². The molecule has 0 aromatic heterocycles. The van der Waals surface area contributed by atoms with Gasteiger partial charge in [-0.15, -0.1) is 0 Å². The Morgan fingerprint density at radius 1 is 1.26 bits per heavy atom. The smallest absolute Gasteiger partial charge is 0.344 e. The molecule has 8 heteroatoms. The predicted molar refractivity (Wildman–Crippen MR) is 98.3 cm³/mol. The topological polar surface area (TPSA) is 105 Å². The summed E-state index contributed by atoms with van der Waals surface area (Å²) < 4.78 is 32.1. The number of hydrogen-bond acceptors (Lipinski definition) is 6. The summed E-state index contributed by atoms with van der Waals surface area (Å²) in [4.78, 5) is 24.3. The lowest BCUT2D eigenvalue weighted by Gasteiger charge is -2.14. The fourth-order valence-electron chi connectivity index (χ4n) is 2.20. The number of hydrogen-bond donors (Lipinski definition) is 3. The highest BCUT2D eigenvalue weighted by atomic mass is 19.1. The van der Waals surface area contributed by atoms with Gasteiger partial charge in [0, 0.05) is 12.3 Å². The van der Waals surface area contributed by atoms with Crippen molar-refractivity contribution in [2.45, 2.75) is 33.6 Å². The summed E-state index contributed by atoms with van der Waals surface area (Å²) >= 11 is 0. The quantitative estimate of drug-likeness (QED) is 0.250. The molecule has 0 saturated heterocycles. The van der Waals surface area contributed by atoms with E-state index < -0.39 is 35.6 Å². The molecule has 1 rings (SSSR count). The Hall–Kier alpha value is -2.77. The third kappa shape index (κ3) is 6.47. The minimum Gasteiger partial charge on any atom is -0.454 e. The van der Waals surface area contributed by atoms with Crippen molar-refractivity contribution in [2.75, 3.05) is 13.2 Å². The monoisotopic (exact) mass is 381 g/mol. The molecule has 0 bridgehead atoms. The van der Waals surface area contributed by atoms with Crippen LogP contribution in [0.2, 0.25) is 0 Å². The van der Waals surface area contributed by atoms with E-state index in [9.17, 15) is 18.4 Å². The molecule has 27 heavy (non-hydrogen) atoms. The first-order valence-electron chi connectivity index (χ1n) is 8.64. The second-order valence-corrected chi connectivity index (χ2v) is 6.33. The number of carbonyl (C=O) groups excluding carboxylic acids is 2. The molecule has 4 N–H and O–H groups in total. The molecule has 0 spiro atoms. The van der Waals surface area contributed by atoms with Gasteiger partial charge < -0.3 is 21.2 Å². The van der Waals surface area contributed by atoms with E-state index in [1.54, 1.807) is 6.92 Å². The molecular weight excluding hydrogens is 356 g/mol. The molecule has 0 unspecified atom stereocenters. The van der Waals surface area contributed by atoms with Crippen molar-refractivity contribution >= 4 is 17.5 Å². The summed E-state index contributed by atoms with van der Waals surface area (Å²) in [5, 5.41) is 10.8. The predicted octanol–water partition coefficient (Wildman–Crippen LogP) is 2.93. The number of ether oxygens (including phenoxy) is 1. The molecule has 0 atom stereocenters. The number of rotatable bonds is 10. The zero-order valence-corrected chi connectivity index (χ0v) is 15.7. The second kappa shape index (κ2) is 10.4. The van der Waals surface area contributed by atoms with Crippen LogP contribution >= 0.6 is 0 Å². The Bertz CT molecular complexity index is 725. The first kappa shape index (κ1) is 22.3. The number of halogens is 2. The SMILES string of the molecule is CCC(=N)/C(C(=O)OCC(=O)c1c(F)cccc1F)=C(/N)NCCC(C)C. The normalized spacial score (nSPS) is 11.8. The van der Waals surface area contributed by atoms with Crippen LogP contribution in [0.5, 0.6) is 0 Å². The van der Waals surface area contributed by atoms with Crippen molar-refractivity contribution in [1.29, 1.82) is 5.41 Å². The van der Waals surface area contributed by atoms with Crippen LogP contribution in [0.15, 0.2) is 29.6 Å². The Balaban J connectivity index is 2.88. The van der Waals surface area contributed by atoms with E-state index in [4.69, 9.17) is 15.9 Å². The van der Waals surface area contributed by atoms with Crippen molar-refractivity contribution in [2.24, 2.45) is 11.7 Å². The Morgan fingerprint density at radius 3 is 2.37 bits per heavy atom. The maximum atomic E-state index is 13.6. The van der Waals surface area contributed by atoms with Gasteiger partial charge >= 0.3 is 5.97 Å². The van der Waals surface area contributed by atoms with E-state index in [2.05, 4.69) is 5.32 Å². The number of esters is 1. The molecule has 0 fully saturated rings. The lowest BCUT2D eigenvalue weighted by Crippen LogP contribution is -2.30. The summed E-state index contributed by atoms with van der Waals surface area (Å²) in [6.07, 6.45) is 1.01. The van der Waals surface area contributed by atoms with Gasteiger partial charge in [-0.2, -0.15) is 0 Å². The second-order valence-electron chi connectivity index (χ2n) is 6.33. The Labute approximate surface area is 157 Å². The first-order valence-corrected chi connectivity index (χ1v) is 8.64. The van der Waals surface area contributed by atoms with Crippen LogP contribution in [-0.4, -0.2) is 30.6 Å².